The van der Waals surface area contributed by atoms with Gasteiger partial charge >= 0.3 is 5.97 Å². The van der Waals surface area contributed by atoms with Crippen molar-refractivity contribution in [2.45, 2.75) is 57.1 Å². The largest absolute Gasteiger partial charge is 0.497 e. The summed E-state index contributed by atoms with van der Waals surface area (Å²) in [5, 5.41) is 3.74. The molecule has 0 spiro atoms. The molecule has 1 aromatic heterocycles. The minimum atomic E-state index is -1.10. The summed E-state index contributed by atoms with van der Waals surface area (Å²) in [7, 11) is 3.40. The highest BCUT2D eigenvalue weighted by atomic mass is 16.5. The monoisotopic (exact) mass is 612 g/mol. The fraction of sp³-hybridized carbons (Fsp3) is 0.457. The van der Waals surface area contributed by atoms with Crippen molar-refractivity contribution in [3.05, 3.63) is 60.7 Å². The first kappa shape index (κ1) is 30.6. The van der Waals surface area contributed by atoms with E-state index in [1.807, 2.05) is 54.6 Å². The van der Waals surface area contributed by atoms with Crippen LogP contribution in [0, 0.1) is 17.8 Å². The Morgan fingerprint density at radius 2 is 1.87 bits per heavy atom. The van der Waals surface area contributed by atoms with E-state index in [2.05, 4.69) is 11.4 Å². The van der Waals surface area contributed by atoms with Gasteiger partial charge in [-0.05, 0) is 57.6 Å². The molecule has 0 saturated heterocycles. The van der Waals surface area contributed by atoms with Crippen LogP contribution < -0.4 is 14.8 Å². The summed E-state index contributed by atoms with van der Waals surface area (Å²) in [6.07, 6.45) is 7.38. The lowest BCUT2D eigenvalue weighted by atomic mass is 9.93. The molecule has 0 bridgehead atoms. The molecule has 1 aliphatic heterocycles. The minimum absolute atomic E-state index is 0.0892. The van der Waals surface area contributed by atoms with Gasteiger partial charge in [-0.3, -0.25) is 9.59 Å². The Balaban J connectivity index is 1.32. The molecule has 2 aliphatic carbocycles. The Kier molecular flexibility index (Phi) is 8.74. The molecule has 3 aliphatic rings. The SMILES string of the molecule is CCOC(=O)[C@@]12C[C@H]1C=CCCCCN(C)C(=O)[C@@H]1C[C@H](Oc3nc(-c4ccccc4)nc4cc(OC)ccc34)C[C@H]1C(=O)N2. The molecule has 2 saturated carbocycles. The number of fused-ring (bicyclic) bond motifs is 3. The van der Waals surface area contributed by atoms with Crippen LogP contribution >= 0.6 is 0 Å². The Hall–Kier alpha value is -4.47. The van der Waals surface area contributed by atoms with Gasteiger partial charge in [-0.1, -0.05) is 42.5 Å². The summed E-state index contributed by atoms with van der Waals surface area (Å²) in [6, 6.07) is 15.2. The van der Waals surface area contributed by atoms with Crippen LogP contribution in [0.1, 0.15) is 45.4 Å². The molecule has 236 valence electrons. The number of esters is 1. The van der Waals surface area contributed by atoms with E-state index in [0.29, 0.717) is 54.2 Å². The number of rotatable bonds is 6. The minimum Gasteiger partial charge on any atom is -0.497 e. The number of nitrogens with zero attached hydrogens (tertiary/aromatic N) is 3. The number of hydrogen-bond donors (Lipinski definition) is 1. The van der Waals surface area contributed by atoms with Gasteiger partial charge in [-0.25, -0.2) is 9.78 Å². The second kappa shape index (κ2) is 12.9. The highest BCUT2D eigenvalue weighted by Gasteiger charge is 2.62. The lowest BCUT2D eigenvalue weighted by molar-refractivity contribution is -0.150. The quantitative estimate of drug-likeness (QED) is 0.314. The number of carbonyl (C=O) groups excluding carboxylic acids is 3. The van der Waals surface area contributed by atoms with Gasteiger partial charge in [0, 0.05) is 31.1 Å². The predicted molar refractivity (Wildman–Crippen MR) is 168 cm³/mol. The number of aromatic nitrogens is 2. The van der Waals surface area contributed by atoms with Crippen molar-refractivity contribution in [1.82, 2.24) is 20.2 Å². The average molecular weight is 613 g/mol. The van der Waals surface area contributed by atoms with E-state index in [-0.39, 0.29) is 24.3 Å². The number of ether oxygens (including phenoxy) is 3. The van der Waals surface area contributed by atoms with Crippen LogP contribution in [0.2, 0.25) is 0 Å². The van der Waals surface area contributed by atoms with Gasteiger partial charge in [0.25, 0.3) is 0 Å². The van der Waals surface area contributed by atoms with Crippen LogP contribution in [0.4, 0.5) is 0 Å². The van der Waals surface area contributed by atoms with Crippen molar-refractivity contribution in [2.24, 2.45) is 17.8 Å². The lowest BCUT2D eigenvalue weighted by Crippen LogP contribution is -2.50. The summed E-state index contributed by atoms with van der Waals surface area (Å²) >= 11 is 0. The van der Waals surface area contributed by atoms with Crippen LogP contribution in [-0.4, -0.2) is 71.6 Å². The highest BCUT2D eigenvalue weighted by molar-refractivity contribution is 5.95. The average Bonchev–Trinajstić information content (AvgIpc) is 3.59. The summed E-state index contributed by atoms with van der Waals surface area (Å²) in [5.41, 5.74) is 0.395. The summed E-state index contributed by atoms with van der Waals surface area (Å²) < 4.78 is 17.4. The number of allylic oxidation sites excluding steroid dienone is 1. The Morgan fingerprint density at radius 1 is 1.07 bits per heavy atom. The van der Waals surface area contributed by atoms with Crippen molar-refractivity contribution in [2.75, 3.05) is 27.3 Å². The molecule has 5 atom stereocenters. The van der Waals surface area contributed by atoms with Gasteiger partial charge in [0.15, 0.2) is 5.82 Å². The molecule has 2 amide bonds. The lowest BCUT2D eigenvalue weighted by Gasteiger charge is -2.26. The molecular formula is C35H40N4O6. The van der Waals surface area contributed by atoms with Gasteiger partial charge in [-0.2, -0.15) is 4.98 Å². The van der Waals surface area contributed by atoms with E-state index in [9.17, 15) is 14.4 Å². The van der Waals surface area contributed by atoms with Gasteiger partial charge in [-0.15, -0.1) is 0 Å². The van der Waals surface area contributed by atoms with Crippen molar-refractivity contribution < 1.29 is 28.6 Å². The second-order valence-corrected chi connectivity index (χ2v) is 12.2. The number of hydrogen-bond acceptors (Lipinski definition) is 8. The number of methoxy groups -OCH3 is 1. The van der Waals surface area contributed by atoms with E-state index in [1.54, 1.807) is 26.0 Å². The molecular weight excluding hydrogens is 572 g/mol. The van der Waals surface area contributed by atoms with E-state index < -0.39 is 29.4 Å². The van der Waals surface area contributed by atoms with E-state index >= 15 is 0 Å². The topological polar surface area (TPSA) is 120 Å². The number of benzene rings is 2. The number of amides is 2. The van der Waals surface area contributed by atoms with E-state index in [4.69, 9.17) is 24.2 Å². The molecule has 10 heteroatoms. The number of nitrogens with one attached hydrogen (secondary N) is 1. The first-order chi connectivity index (χ1) is 21.8. The van der Waals surface area contributed by atoms with E-state index in [1.165, 1.54) is 0 Å². The maximum atomic E-state index is 14.0. The zero-order chi connectivity index (χ0) is 31.6. The highest BCUT2D eigenvalue weighted by Crippen LogP contribution is 2.47. The molecule has 2 fully saturated rings. The van der Waals surface area contributed by atoms with Crippen molar-refractivity contribution in [3.63, 3.8) is 0 Å². The smallest absolute Gasteiger partial charge is 0.332 e. The normalized spacial score (nSPS) is 26.8. The fourth-order valence-corrected chi connectivity index (χ4v) is 6.61. The molecule has 0 radical (unpaired) electrons. The molecule has 10 nitrogen and oxygen atoms in total. The molecule has 0 unspecified atom stereocenters. The van der Waals surface area contributed by atoms with Gasteiger partial charge in [0.2, 0.25) is 17.7 Å². The predicted octanol–water partition coefficient (Wildman–Crippen LogP) is 4.72. The third kappa shape index (κ3) is 6.23. The molecule has 1 N–H and O–H groups in total. The second-order valence-electron chi connectivity index (χ2n) is 12.2. The van der Waals surface area contributed by atoms with Crippen molar-refractivity contribution in [1.29, 1.82) is 0 Å². The Bertz CT molecular complexity index is 1610. The molecule has 3 aromatic rings. The molecule has 6 rings (SSSR count). The van der Waals surface area contributed by atoms with Crippen molar-refractivity contribution in [3.8, 4) is 23.0 Å². The van der Waals surface area contributed by atoms with Gasteiger partial charge in [0.1, 0.15) is 17.4 Å². The molecule has 2 heterocycles. The van der Waals surface area contributed by atoms with Crippen LogP contribution in [0.3, 0.4) is 0 Å². The third-order valence-corrected chi connectivity index (χ3v) is 9.21. The number of carbonyl (C=O) groups is 3. The van der Waals surface area contributed by atoms with Gasteiger partial charge in [0.05, 0.1) is 36.5 Å². The van der Waals surface area contributed by atoms with Crippen molar-refractivity contribution >= 4 is 28.7 Å². The first-order valence-electron chi connectivity index (χ1n) is 15.8. The summed E-state index contributed by atoms with van der Waals surface area (Å²) in [6.45, 7) is 2.59. The van der Waals surface area contributed by atoms with E-state index in [0.717, 1.165) is 24.8 Å². The third-order valence-electron chi connectivity index (χ3n) is 9.21. The standard InChI is InChI=1S/C35H40N4O6/c1-4-44-34(42)35-21-23(35)14-10-5-6-11-17-39(2)33(41)28-19-25(18-27(28)31(40)38-35)45-32-26-16-15-24(43-3)20-29(26)36-30(37-32)22-12-8-7-9-13-22/h7-10,12-16,20,23,25,27-28H,4-6,11,17-19,21H2,1-3H3,(H,38,40)/t23-,25-,27-,28-,35-/m1/s1. The zero-order valence-corrected chi connectivity index (χ0v) is 26.0. The van der Waals surface area contributed by atoms with Crippen LogP contribution in [0.5, 0.6) is 11.6 Å². The summed E-state index contributed by atoms with van der Waals surface area (Å²) in [4.78, 5) is 52.2. The van der Waals surface area contributed by atoms with Crippen LogP contribution in [0.15, 0.2) is 60.7 Å². The molecule has 45 heavy (non-hydrogen) atoms. The first-order valence-corrected chi connectivity index (χ1v) is 15.8. The maximum absolute atomic E-state index is 14.0. The van der Waals surface area contributed by atoms with Crippen LogP contribution in [-0.2, 0) is 19.1 Å². The van der Waals surface area contributed by atoms with Crippen LogP contribution in [0.25, 0.3) is 22.3 Å². The Labute approximate surface area is 263 Å². The van der Waals surface area contributed by atoms with Gasteiger partial charge < -0.3 is 24.4 Å². The maximum Gasteiger partial charge on any atom is 0.332 e. The molecule has 2 aromatic carbocycles. The zero-order valence-electron chi connectivity index (χ0n) is 26.0. The Morgan fingerprint density at radius 3 is 2.64 bits per heavy atom. The fourth-order valence-electron chi connectivity index (χ4n) is 6.61. The summed E-state index contributed by atoms with van der Waals surface area (Å²) in [5.74, 6) is -0.705.